The van der Waals surface area contributed by atoms with Crippen LogP contribution in [0.5, 0.6) is 0 Å². The quantitative estimate of drug-likeness (QED) is 0.716. The number of carbonyl (C=O) groups is 1. The summed E-state index contributed by atoms with van der Waals surface area (Å²) in [6.07, 6.45) is 5.68. The fourth-order valence-corrected chi connectivity index (χ4v) is 3.34. The molecule has 2 aromatic heterocycles. The van der Waals surface area contributed by atoms with E-state index in [1.54, 1.807) is 18.5 Å². The van der Waals surface area contributed by atoms with Crippen LogP contribution >= 0.6 is 11.6 Å². The molecule has 2 N–H and O–H groups in total. The maximum Gasteiger partial charge on any atom is 0.319 e. The average Bonchev–Trinajstić information content (AvgIpc) is 3.35. The van der Waals surface area contributed by atoms with Crippen LogP contribution < -0.4 is 15.5 Å². The third-order valence-corrected chi connectivity index (χ3v) is 4.68. The second-order valence-corrected chi connectivity index (χ2v) is 6.66. The lowest BCUT2D eigenvalue weighted by Gasteiger charge is -2.19. The molecule has 138 valence electrons. The van der Waals surface area contributed by atoms with Crippen molar-refractivity contribution in [2.45, 2.75) is 12.5 Å². The lowest BCUT2D eigenvalue weighted by molar-refractivity contribution is 0.249. The predicted octanol–water partition coefficient (Wildman–Crippen LogP) is 3.79. The minimum absolute atomic E-state index is 0.0367. The molecule has 0 spiro atoms. The first-order valence-corrected chi connectivity index (χ1v) is 9.00. The van der Waals surface area contributed by atoms with Gasteiger partial charge in [0.25, 0.3) is 0 Å². The molecule has 1 atom stereocenters. The highest BCUT2D eigenvalue weighted by molar-refractivity contribution is 6.32. The lowest BCUT2D eigenvalue weighted by Crippen LogP contribution is -2.39. The Bertz CT molecular complexity index is 914. The number of anilines is 2. The Morgan fingerprint density at radius 3 is 2.78 bits per heavy atom. The number of hydrogen-bond donors (Lipinski definition) is 2. The molecule has 1 aliphatic rings. The summed E-state index contributed by atoms with van der Waals surface area (Å²) in [5, 5.41) is 6.46. The van der Waals surface area contributed by atoms with Crippen LogP contribution in [0.1, 0.15) is 6.42 Å². The van der Waals surface area contributed by atoms with Gasteiger partial charge in [0.2, 0.25) is 5.89 Å². The van der Waals surface area contributed by atoms with Crippen LogP contribution in [0.2, 0.25) is 5.02 Å². The van der Waals surface area contributed by atoms with Crippen molar-refractivity contribution in [3.05, 3.63) is 60.1 Å². The van der Waals surface area contributed by atoms with Crippen molar-refractivity contribution in [2.24, 2.45) is 0 Å². The Morgan fingerprint density at radius 1 is 1.19 bits per heavy atom. The number of nitrogens with zero attached hydrogens (tertiary/aromatic N) is 3. The van der Waals surface area contributed by atoms with Gasteiger partial charge in [0, 0.05) is 36.6 Å². The van der Waals surface area contributed by atoms with E-state index in [0.29, 0.717) is 23.1 Å². The molecule has 0 saturated carbocycles. The zero-order valence-electron chi connectivity index (χ0n) is 14.4. The van der Waals surface area contributed by atoms with Crippen molar-refractivity contribution in [1.82, 2.24) is 15.3 Å². The number of carbonyl (C=O) groups excluding carboxylic acids is 1. The summed E-state index contributed by atoms with van der Waals surface area (Å²) in [5.41, 5.74) is 1.55. The number of hydrogen-bond acceptors (Lipinski definition) is 5. The third-order valence-electron chi connectivity index (χ3n) is 4.38. The molecule has 7 nitrogen and oxygen atoms in total. The Balaban J connectivity index is 1.32. The van der Waals surface area contributed by atoms with E-state index in [4.69, 9.17) is 16.0 Å². The minimum Gasteiger partial charge on any atom is -0.445 e. The molecule has 3 aromatic rings. The van der Waals surface area contributed by atoms with Gasteiger partial charge in [0.05, 0.1) is 11.2 Å². The molecule has 0 aliphatic carbocycles. The molecule has 1 aromatic carbocycles. The first-order valence-electron chi connectivity index (χ1n) is 8.62. The van der Waals surface area contributed by atoms with E-state index in [1.807, 2.05) is 30.3 Å². The van der Waals surface area contributed by atoms with Gasteiger partial charge >= 0.3 is 6.03 Å². The van der Waals surface area contributed by atoms with Gasteiger partial charge in [-0.3, -0.25) is 0 Å². The first-order chi connectivity index (χ1) is 13.2. The van der Waals surface area contributed by atoms with Crippen molar-refractivity contribution < 1.29 is 9.21 Å². The highest BCUT2D eigenvalue weighted by Crippen LogP contribution is 2.26. The van der Waals surface area contributed by atoms with Gasteiger partial charge in [0.15, 0.2) is 0 Å². The molecular weight excluding hydrogens is 366 g/mol. The Labute approximate surface area is 161 Å². The minimum atomic E-state index is -0.238. The zero-order chi connectivity index (χ0) is 18.6. The maximum atomic E-state index is 12.3. The normalized spacial score (nSPS) is 16.3. The average molecular weight is 384 g/mol. The molecule has 8 heteroatoms. The number of pyridine rings is 1. The summed E-state index contributed by atoms with van der Waals surface area (Å²) in [7, 11) is 0. The van der Waals surface area contributed by atoms with Gasteiger partial charge in [-0.15, -0.1) is 0 Å². The standard InChI is InChI=1S/C19H18ClN5O2/c20-16-2-1-8-21-17(16)25-10-7-15(12-25)24-19(26)23-14-5-3-13(4-6-14)18-22-9-11-27-18/h1-6,8-9,11,15H,7,10,12H2,(H2,23,24,26). The SMILES string of the molecule is O=C(Nc1ccc(-c2ncco2)cc1)NC1CCN(c2ncccc2Cl)C1. The first kappa shape index (κ1) is 17.4. The molecule has 1 aliphatic heterocycles. The molecule has 1 unspecified atom stereocenters. The molecule has 3 heterocycles. The number of oxazole rings is 1. The van der Waals surface area contributed by atoms with Gasteiger partial charge in [-0.05, 0) is 42.8 Å². The van der Waals surface area contributed by atoms with Crippen molar-refractivity contribution >= 4 is 29.1 Å². The summed E-state index contributed by atoms with van der Waals surface area (Å²) in [5.74, 6) is 1.30. The number of benzene rings is 1. The number of nitrogens with one attached hydrogen (secondary N) is 2. The van der Waals surface area contributed by atoms with Gasteiger partial charge in [0.1, 0.15) is 12.1 Å². The molecule has 1 fully saturated rings. The molecule has 0 radical (unpaired) electrons. The van der Waals surface area contributed by atoms with Crippen LogP contribution in [-0.4, -0.2) is 35.1 Å². The lowest BCUT2D eigenvalue weighted by atomic mass is 10.2. The largest absolute Gasteiger partial charge is 0.445 e. The maximum absolute atomic E-state index is 12.3. The number of amides is 2. The van der Waals surface area contributed by atoms with E-state index < -0.39 is 0 Å². The van der Waals surface area contributed by atoms with Crippen molar-refractivity contribution in [1.29, 1.82) is 0 Å². The van der Waals surface area contributed by atoms with E-state index in [1.165, 1.54) is 6.26 Å². The highest BCUT2D eigenvalue weighted by Gasteiger charge is 2.26. The zero-order valence-corrected chi connectivity index (χ0v) is 15.2. The van der Waals surface area contributed by atoms with Crippen LogP contribution in [-0.2, 0) is 0 Å². The monoisotopic (exact) mass is 383 g/mol. The Morgan fingerprint density at radius 2 is 2.04 bits per heavy atom. The molecule has 0 bridgehead atoms. The van der Waals surface area contributed by atoms with Crippen LogP contribution in [0.4, 0.5) is 16.3 Å². The number of halogens is 1. The molecule has 27 heavy (non-hydrogen) atoms. The summed E-state index contributed by atoms with van der Waals surface area (Å²) in [4.78, 5) is 22.8. The third kappa shape index (κ3) is 4.03. The second-order valence-electron chi connectivity index (χ2n) is 6.25. The summed E-state index contributed by atoms with van der Waals surface area (Å²) in [6.45, 7) is 1.47. The number of aromatic nitrogens is 2. The van der Waals surface area contributed by atoms with Crippen LogP contribution in [0, 0.1) is 0 Å². The van der Waals surface area contributed by atoms with E-state index in [9.17, 15) is 4.79 Å². The molecule has 2 amide bonds. The summed E-state index contributed by atoms with van der Waals surface area (Å²) >= 11 is 6.20. The summed E-state index contributed by atoms with van der Waals surface area (Å²) in [6, 6.07) is 10.7. The van der Waals surface area contributed by atoms with Crippen molar-refractivity contribution in [3.8, 4) is 11.5 Å². The molecule has 1 saturated heterocycles. The smallest absolute Gasteiger partial charge is 0.319 e. The highest BCUT2D eigenvalue weighted by atomic mass is 35.5. The molecular formula is C19H18ClN5O2. The van der Waals surface area contributed by atoms with Crippen LogP contribution in [0.3, 0.4) is 0 Å². The van der Waals surface area contributed by atoms with Crippen molar-refractivity contribution in [2.75, 3.05) is 23.3 Å². The fraction of sp³-hybridized carbons (Fsp3) is 0.211. The Hall–Kier alpha value is -3.06. The van der Waals surface area contributed by atoms with E-state index in [0.717, 1.165) is 24.3 Å². The number of rotatable bonds is 4. The van der Waals surface area contributed by atoms with E-state index in [2.05, 4.69) is 25.5 Å². The van der Waals surface area contributed by atoms with E-state index in [-0.39, 0.29) is 12.1 Å². The fourth-order valence-electron chi connectivity index (χ4n) is 3.10. The van der Waals surface area contributed by atoms with Gasteiger partial charge in [-0.1, -0.05) is 11.6 Å². The van der Waals surface area contributed by atoms with Gasteiger partial charge < -0.3 is 20.0 Å². The van der Waals surface area contributed by atoms with Crippen LogP contribution in [0.15, 0.2) is 59.5 Å². The van der Waals surface area contributed by atoms with Gasteiger partial charge in [-0.2, -0.15) is 0 Å². The van der Waals surface area contributed by atoms with Crippen LogP contribution in [0.25, 0.3) is 11.5 Å². The van der Waals surface area contributed by atoms with Gasteiger partial charge in [-0.25, -0.2) is 14.8 Å². The van der Waals surface area contributed by atoms with Crippen molar-refractivity contribution in [3.63, 3.8) is 0 Å². The second kappa shape index (κ2) is 7.67. The number of urea groups is 1. The van der Waals surface area contributed by atoms with E-state index >= 15 is 0 Å². The Kier molecular flexibility index (Phi) is 4.93. The topological polar surface area (TPSA) is 83.3 Å². The molecule has 4 rings (SSSR count). The summed E-state index contributed by atoms with van der Waals surface area (Å²) < 4.78 is 5.25. The predicted molar refractivity (Wildman–Crippen MR) is 104 cm³/mol.